The summed E-state index contributed by atoms with van der Waals surface area (Å²) >= 11 is 0. The van der Waals surface area contributed by atoms with Gasteiger partial charge in [-0.15, -0.1) is 0 Å². The predicted molar refractivity (Wildman–Crippen MR) is 93.9 cm³/mol. The first-order valence-electron chi connectivity index (χ1n) is 8.34. The highest BCUT2D eigenvalue weighted by Gasteiger charge is 2.30. The Kier molecular flexibility index (Phi) is 3.97. The second-order valence-electron chi connectivity index (χ2n) is 6.42. The summed E-state index contributed by atoms with van der Waals surface area (Å²) < 4.78 is 13.7. The number of benzene rings is 2. The Labute approximate surface area is 144 Å². The number of hydrogen-bond donors (Lipinski definition) is 2. The standard InChI is InChI=1S/C19H19FN4O/c1-12-7-14-10-22-23-18(14)16(8-12)19(25)24-6-5-21-11-17(24)13-3-2-4-15(20)9-13/h2-4,7-10,17,21H,5-6,11H2,1H3,(H,22,23). The molecule has 2 N–H and O–H groups in total. The third-order valence-corrected chi connectivity index (χ3v) is 4.66. The van der Waals surface area contributed by atoms with Crippen molar-refractivity contribution in [1.29, 1.82) is 0 Å². The van der Waals surface area contributed by atoms with Crippen LogP contribution in [0, 0.1) is 12.7 Å². The van der Waals surface area contributed by atoms with Gasteiger partial charge in [0.05, 0.1) is 23.3 Å². The van der Waals surface area contributed by atoms with Crippen LogP contribution in [0.1, 0.15) is 27.5 Å². The zero-order chi connectivity index (χ0) is 17.4. The van der Waals surface area contributed by atoms with Gasteiger partial charge in [0.1, 0.15) is 5.82 Å². The summed E-state index contributed by atoms with van der Waals surface area (Å²) in [6, 6.07) is 10.1. The number of amides is 1. The normalized spacial score (nSPS) is 17.8. The maximum Gasteiger partial charge on any atom is 0.256 e. The van der Waals surface area contributed by atoms with E-state index in [9.17, 15) is 9.18 Å². The zero-order valence-electron chi connectivity index (χ0n) is 13.9. The van der Waals surface area contributed by atoms with Crippen LogP contribution < -0.4 is 5.32 Å². The van der Waals surface area contributed by atoms with Crippen molar-refractivity contribution in [3.63, 3.8) is 0 Å². The number of carbonyl (C=O) groups is 1. The van der Waals surface area contributed by atoms with Crippen LogP contribution in [0.15, 0.2) is 42.6 Å². The lowest BCUT2D eigenvalue weighted by molar-refractivity contribution is 0.0635. The third kappa shape index (κ3) is 2.89. The van der Waals surface area contributed by atoms with E-state index < -0.39 is 0 Å². The molecule has 3 aromatic rings. The Hall–Kier alpha value is -2.73. The fraction of sp³-hybridized carbons (Fsp3) is 0.263. The zero-order valence-corrected chi connectivity index (χ0v) is 13.9. The molecule has 25 heavy (non-hydrogen) atoms. The third-order valence-electron chi connectivity index (χ3n) is 4.66. The van der Waals surface area contributed by atoms with Crippen LogP contribution in [-0.4, -0.2) is 40.6 Å². The largest absolute Gasteiger partial charge is 0.329 e. The molecular formula is C19H19FN4O. The molecular weight excluding hydrogens is 319 g/mol. The molecule has 0 bridgehead atoms. The highest BCUT2D eigenvalue weighted by atomic mass is 19.1. The molecule has 0 spiro atoms. The van der Waals surface area contributed by atoms with Crippen molar-refractivity contribution in [2.45, 2.75) is 13.0 Å². The molecule has 1 amide bonds. The maximum atomic E-state index is 13.7. The number of aromatic amines is 1. The molecule has 1 unspecified atom stereocenters. The minimum atomic E-state index is -0.290. The lowest BCUT2D eigenvalue weighted by atomic mass is 10.0. The molecule has 1 saturated heterocycles. The summed E-state index contributed by atoms with van der Waals surface area (Å²) in [7, 11) is 0. The average Bonchev–Trinajstić information content (AvgIpc) is 3.08. The fourth-order valence-electron chi connectivity index (χ4n) is 3.49. The van der Waals surface area contributed by atoms with Crippen LogP contribution in [0.5, 0.6) is 0 Å². The lowest BCUT2D eigenvalue weighted by Gasteiger charge is -2.36. The number of aromatic nitrogens is 2. The molecule has 2 heterocycles. The molecule has 0 radical (unpaired) electrons. The minimum Gasteiger partial charge on any atom is -0.329 e. The Bertz CT molecular complexity index is 936. The number of H-pyrrole nitrogens is 1. The molecule has 1 aliphatic heterocycles. The van der Waals surface area contributed by atoms with E-state index in [1.54, 1.807) is 12.3 Å². The monoisotopic (exact) mass is 338 g/mol. The van der Waals surface area contributed by atoms with Crippen molar-refractivity contribution < 1.29 is 9.18 Å². The first-order chi connectivity index (χ1) is 12.1. The molecule has 1 atom stereocenters. The van der Waals surface area contributed by atoms with Gasteiger partial charge in [0.2, 0.25) is 0 Å². The van der Waals surface area contributed by atoms with Crippen molar-refractivity contribution in [2.24, 2.45) is 0 Å². The Morgan fingerprint density at radius 3 is 3.04 bits per heavy atom. The van der Waals surface area contributed by atoms with Crippen molar-refractivity contribution >= 4 is 16.8 Å². The number of halogens is 1. The van der Waals surface area contributed by atoms with E-state index in [1.807, 2.05) is 30.0 Å². The number of carbonyl (C=O) groups excluding carboxylic acids is 1. The number of nitrogens with zero attached hydrogens (tertiary/aromatic N) is 2. The van der Waals surface area contributed by atoms with E-state index in [-0.39, 0.29) is 17.8 Å². The van der Waals surface area contributed by atoms with E-state index in [4.69, 9.17) is 0 Å². The van der Waals surface area contributed by atoms with Crippen LogP contribution in [-0.2, 0) is 0 Å². The summed E-state index contributed by atoms with van der Waals surface area (Å²) in [5.41, 5.74) is 3.16. The molecule has 1 aliphatic rings. The van der Waals surface area contributed by atoms with Crippen molar-refractivity contribution in [3.05, 3.63) is 65.1 Å². The number of hydrogen-bond acceptors (Lipinski definition) is 3. The SMILES string of the molecule is Cc1cc(C(=O)N2CCNCC2c2cccc(F)c2)c2[nH]ncc2c1. The van der Waals surface area contributed by atoms with Crippen LogP contribution in [0.3, 0.4) is 0 Å². The van der Waals surface area contributed by atoms with E-state index in [0.29, 0.717) is 18.7 Å². The van der Waals surface area contributed by atoms with Crippen LogP contribution in [0.2, 0.25) is 0 Å². The highest BCUT2D eigenvalue weighted by Crippen LogP contribution is 2.27. The molecule has 0 saturated carbocycles. The van der Waals surface area contributed by atoms with E-state index in [2.05, 4.69) is 15.5 Å². The fourth-order valence-corrected chi connectivity index (χ4v) is 3.49. The van der Waals surface area contributed by atoms with E-state index >= 15 is 0 Å². The first-order valence-corrected chi connectivity index (χ1v) is 8.34. The van der Waals surface area contributed by atoms with E-state index in [0.717, 1.165) is 28.6 Å². The number of rotatable bonds is 2. The van der Waals surface area contributed by atoms with Gasteiger partial charge in [-0.1, -0.05) is 12.1 Å². The quantitative estimate of drug-likeness (QED) is 0.755. The average molecular weight is 338 g/mol. The molecule has 2 aromatic carbocycles. The molecule has 1 aromatic heterocycles. The van der Waals surface area contributed by atoms with Crippen LogP contribution in [0.4, 0.5) is 4.39 Å². The molecule has 0 aliphatic carbocycles. The number of fused-ring (bicyclic) bond motifs is 1. The summed E-state index contributed by atoms with van der Waals surface area (Å²) in [6.45, 7) is 3.86. The summed E-state index contributed by atoms with van der Waals surface area (Å²) in [5, 5.41) is 11.2. The molecule has 128 valence electrons. The summed E-state index contributed by atoms with van der Waals surface area (Å²) in [6.07, 6.45) is 1.72. The second kappa shape index (κ2) is 6.29. The topological polar surface area (TPSA) is 61.0 Å². The predicted octanol–water partition coefficient (Wildman–Crippen LogP) is 2.80. The number of aryl methyl sites for hydroxylation is 1. The van der Waals surface area contributed by atoms with Gasteiger partial charge in [0.25, 0.3) is 5.91 Å². The summed E-state index contributed by atoms with van der Waals surface area (Å²) in [5.74, 6) is -0.351. The number of nitrogens with one attached hydrogen (secondary N) is 2. The van der Waals surface area contributed by atoms with Gasteiger partial charge in [0.15, 0.2) is 0 Å². The van der Waals surface area contributed by atoms with Gasteiger partial charge in [0, 0.05) is 25.0 Å². The molecule has 1 fully saturated rings. The molecule has 4 rings (SSSR count). The van der Waals surface area contributed by atoms with Gasteiger partial charge in [-0.25, -0.2) is 4.39 Å². The molecule has 5 nitrogen and oxygen atoms in total. The van der Waals surface area contributed by atoms with Crippen molar-refractivity contribution in [3.8, 4) is 0 Å². The Balaban J connectivity index is 1.75. The first kappa shape index (κ1) is 15.8. The van der Waals surface area contributed by atoms with Crippen LogP contribution >= 0.6 is 0 Å². The molecule has 6 heteroatoms. The van der Waals surface area contributed by atoms with Crippen molar-refractivity contribution in [2.75, 3.05) is 19.6 Å². The highest BCUT2D eigenvalue weighted by molar-refractivity contribution is 6.06. The summed E-state index contributed by atoms with van der Waals surface area (Å²) in [4.78, 5) is 15.1. The smallest absolute Gasteiger partial charge is 0.256 e. The van der Waals surface area contributed by atoms with Gasteiger partial charge in [-0.2, -0.15) is 5.10 Å². The van der Waals surface area contributed by atoms with Crippen molar-refractivity contribution in [1.82, 2.24) is 20.4 Å². The van der Waals surface area contributed by atoms with Gasteiger partial charge >= 0.3 is 0 Å². The van der Waals surface area contributed by atoms with Gasteiger partial charge in [-0.05, 0) is 42.3 Å². The second-order valence-corrected chi connectivity index (χ2v) is 6.42. The number of piperazine rings is 1. The van der Waals surface area contributed by atoms with Crippen LogP contribution in [0.25, 0.3) is 10.9 Å². The Morgan fingerprint density at radius 1 is 1.32 bits per heavy atom. The Morgan fingerprint density at radius 2 is 2.20 bits per heavy atom. The lowest BCUT2D eigenvalue weighted by Crippen LogP contribution is -2.48. The maximum absolute atomic E-state index is 13.7. The van der Waals surface area contributed by atoms with E-state index in [1.165, 1.54) is 12.1 Å². The minimum absolute atomic E-state index is 0.0614. The van der Waals surface area contributed by atoms with Gasteiger partial charge < -0.3 is 10.2 Å². The van der Waals surface area contributed by atoms with Gasteiger partial charge in [-0.3, -0.25) is 9.89 Å².